The average molecular weight is 346 g/mol. The lowest BCUT2D eigenvalue weighted by atomic mass is 9.82. The molecule has 2 fully saturated rings. The van der Waals surface area contributed by atoms with Crippen LogP contribution < -0.4 is 15.0 Å². The third-order valence-corrected chi connectivity index (χ3v) is 5.57. The Kier molecular flexibility index (Phi) is 5.84. The largest absolute Gasteiger partial charge is 0.495 e. The Hall–Kier alpha value is -1.75. The van der Waals surface area contributed by atoms with Gasteiger partial charge >= 0.3 is 0 Å². The number of amides is 1. The van der Waals surface area contributed by atoms with E-state index in [0.717, 1.165) is 56.6 Å². The summed E-state index contributed by atoms with van der Waals surface area (Å²) >= 11 is 0. The molecule has 1 saturated heterocycles. The smallest absolute Gasteiger partial charge is 0.222 e. The van der Waals surface area contributed by atoms with Crippen LogP contribution in [0, 0.1) is 5.92 Å². The summed E-state index contributed by atoms with van der Waals surface area (Å²) in [5, 5.41) is 13.5. The monoisotopic (exact) mass is 346 g/mol. The highest BCUT2D eigenvalue weighted by Gasteiger charge is 2.32. The summed E-state index contributed by atoms with van der Waals surface area (Å²) in [4.78, 5) is 14.5. The molecule has 1 aliphatic heterocycles. The van der Waals surface area contributed by atoms with Crippen molar-refractivity contribution in [2.24, 2.45) is 5.92 Å². The first-order valence-electron chi connectivity index (χ1n) is 9.47. The molecule has 1 atom stereocenters. The number of hydrogen-bond donors (Lipinski definition) is 2. The lowest BCUT2D eigenvalue weighted by Crippen LogP contribution is -2.40. The highest BCUT2D eigenvalue weighted by atomic mass is 16.5. The minimum absolute atomic E-state index is 0.0138. The number of benzene rings is 1. The normalized spacial score (nSPS) is 22.6. The topological polar surface area (TPSA) is 61.8 Å². The highest BCUT2D eigenvalue weighted by molar-refractivity contribution is 5.77. The van der Waals surface area contributed by atoms with E-state index in [1.165, 1.54) is 6.42 Å². The van der Waals surface area contributed by atoms with E-state index in [4.69, 9.17) is 4.74 Å². The van der Waals surface area contributed by atoms with E-state index in [1.807, 2.05) is 18.2 Å². The Labute approximate surface area is 150 Å². The predicted octanol–water partition coefficient (Wildman–Crippen LogP) is 2.72. The maximum atomic E-state index is 12.2. The molecule has 2 N–H and O–H groups in total. The van der Waals surface area contributed by atoms with Gasteiger partial charge in [-0.15, -0.1) is 0 Å². The van der Waals surface area contributed by atoms with Gasteiger partial charge in [0.1, 0.15) is 5.75 Å². The van der Waals surface area contributed by atoms with Crippen LogP contribution in [-0.2, 0) is 4.79 Å². The average Bonchev–Trinajstić information content (AvgIpc) is 3.09. The van der Waals surface area contributed by atoms with Crippen molar-refractivity contribution in [2.75, 3.05) is 31.6 Å². The summed E-state index contributed by atoms with van der Waals surface area (Å²) < 4.78 is 5.45. The molecule has 138 valence electrons. The number of aliphatic hydroxyl groups is 1. The predicted molar refractivity (Wildman–Crippen MR) is 99.0 cm³/mol. The van der Waals surface area contributed by atoms with E-state index >= 15 is 0 Å². The number of carbonyl (C=O) groups is 1. The minimum Gasteiger partial charge on any atom is -0.495 e. The Morgan fingerprint density at radius 1 is 1.32 bits per heavy atom. The Bertz CT molecular complexity index is 584. The summed E-state index contributed by atoms with van der Waals surface area (Å²) in [6.45, 7) is 2.58. The molecule has 3 rings (SSSR count). The molecule has 1 saturated carbocycles. The minimum atomic E-state index is -0.776. The molecule has 0 spiro atoms. The zero-order valence-electron chi connectivity index (χ0n) is 15.2. The number of nitrogens with zero attached hydrogens (tertiary/aromatic N) is 1. The molecule has 1 amide bonds. The van der Waals surface area contributed by atoms with Crippen LogP contribution in [-0.4, -0.2) is 43.4 Å². The van der Waals surface area contributed by atoms with Gasteiger partial charge in [0.2, 0.25) is 5.91 Å². The van der Waals surface area contributed by atoms with Crippen LogP contribution in [0.25, 0.3) is 0 Å². The van der Waals surface area contributed by atoms with Crippen molar-refractivity contribution in [1.82, 2.24) is 5.32 Å². The molecule has 1 aromatic rings. The summed E-state index contributed by atoms with van der Waals surface area (Å²) in [6.07, 6.45) is 6.04. The zero-order chi connectivity index (χ0) is 17.7. The molecule has 2 aliphatic rings. The fraction of sp³-hybridized carbons (Fsp3) is 0.650. The van der Waals surface area contributed by atoms with Gasteiger partial charge in [-0.3, -0.25) is 4.79 Å². The molecule has 25 heavy (non-hydrogen) atoms. The molecule has 0 radical (unpaired) electrons. The van der Waals surface area contributed by atoms with Crippen LogP contribution in [0.3, 0.4) is 0 Å². The van der Waals surface area contributed by atoms with Crippen molar-refractivity contribution in [3.8, 4) is 5.75 Å². The molecule has 0 aromatic heterocycles. The van der Waals surface area contributed by atoms with Gasteiger partial charge in [0.15, 0.2) is 0 Å². The molecule has 1 aromatic carbocycles. The van der Waals surface area contributed by atoms with Gasteiger partial charge in [-0.25, -0.2) is 0 Å². The van der Waals surface area contributed by atoms with Crippen LogP contribution >= 0.6 is 0 Å². The zero-order valence-corrected chi connectivity index (χ0v) is 15.2. The van der Waals surface area contributed by atoms with E-state index in [0.29, 0.717) is 12.5 Å². The number of rotatable bonds is 6. The second kappa shape index (κ2) is 8.09. The lowest BCUT2D eigenvalue weighted by molar-refractivity contribution is -0.127. The van der Waals surface area contributed by atoms with Crippen LogP contribution in [0.5, 0.6) is 5.75 Å². The van der Waals surface area contributed by atoms with Crippen molar-refractivity contribution in [1.29, 1.82) is 0 Å². The van der Waals surface area contributed by atoms with E-state index in [1.54, 1.807) is 7.11 Å². The maximum absolute atomic E-state index is 12.2. The second-order valence-corrected chi connectivity index (χ2v) is 7.54. The highest BCUT2D eigenvalue weighted by Crippen LogP contribution is 2.32. The van der Waals surface area contributed by atoms with Crippen molar-refractivity contribution in [3.63, 3.8) is 0 Å². The van der Waals surface area contributed by atoms with Gasteiger partial charge in [0.05, 0.1) is 24.8 Å². The van der Waals surface area contributed by atoms with Gasteiger partial charge in [0.25, 0.3) is 0 Å². The molecule has 5 heteroatoms. The Morgan fingerprint density at radius 2 is 2.08 bits per heavy atom. The van der Waals surface area contributed by atoms with Gasteiger partial charge in [-0.2, -0.15) is 0 Å². The van der Waals surface area contributed by atoms with Crippen LogP contribution in [0.4, 0.5) is 5.69 Å². The van der Waals surface area contributed by atoms with Crippen molar-refractivity contribution in [3.05, 3.63) is 24.3 Å². The van der Waals surface area contributed by atoms with E-state index in [2.05, 4.69) is 16.3 Å². The fourth-order valence-corrected chi connectivity index (χ4v) is 4.12. The van der Waals surface area contributed by atoms with Crippen LogP contribution in [0.15, 0.2) is 24.3 Å². The SMILES string of the molecule is COc1ccccc1N1CCC(CNC(=O)CC2(O)CCCCC2)C1. The van der Waals surface area contributed by atoms with Crippen molar-refractivity contribution < 1.29 is 14.6 Å². The third kappa shape index (κ3) is 4.66. The molecular formula is C20H30N2O3. The fourth-order valence-electron chi connectivity index (χ4n) is 4.12. The number of para-hydroxylation sites is 2. The first kappa shape index (κ1) is 18.1. The van der Waals surface area contributed by atoms with Crippen molar-refractivity contribution in [2.45, 2.75) is 50.5 Å². The van der Waals surface area contributed by atoms with Crippen molar-refractivity contribution >= 4 is 11.6 Å². The second-order valence-electron chi connectivity index (χ2n) is 7.54. The maximum Gasteiger partial charge on any atom is 0.222 e. The van der Waals surface area contributed by atoms with Gasteiger partial charge < -0.3 is 20.1 Å². The number of methoxy groups -OCH3 is 1. The number of ether oxygens (including phenoxy) is 1. The third-order valence-electron chi connectivity index (χ3n) is 5.57. The first-order chi connectivity index (χ1) is 12.1. The molecule has 1 heterocycles. The van der Waals surface area contributed by atoms with E-state index in [9.17, 15) is 9.90 Å². The molecule has 1 unspecified atom stereocenters. The van der Waals surface area contributed by atoms with Gasteiger partial charge in [0, 0.05) is 19.6 Å². The van der Waals surface area contributed by atoms with Crippen LogP contribution in [0.1, 0.15) is 44.9 Å². The summed E-state index contributed by atoms with van der Waals surface area (Å²) in [5.74, 6) is 1.32. The van der Waals surface area contributed by atoms with Crippen LogP contribution in [0.2, 0.25) is 0 Å². The standard InChI is InChI=1S/C20H30N2O3/c1-25-18-8-4-3-7-17(18)22-12-9-16(15-22)14-21-19(23)13-20(24)10-5-2-6-11-20/h3-4,7-8,16,24H,2,5-6,9-15H2,1H3,(H,21,23). The number of hydrogen-bond acceptors (Lipinski definition) is 4. The van der Waals surface area contributed by atoms with Gasteiger partial charge in [-0.05, 0) is 37.3 Å². The lowest BCUT2D eigenvalue weighted by Gasteiger charge is -2.31. The van der Waals surface area contributed by atoms with Gasteiger partial charge in [-0.1, -0.05) is 31.4 Å². The molecule has 5 nitrogen and oxygen atoms in total. The molecular weight excluding hydrogens is 316 g/mol. The van der Waals surface area contributed by atoms with E-state index in [-0.39, 0.29) is 12.3 Å². The summed E-state index contributed by atoms with van der Waals surface area (Å²) in [5.41, 5.74) is 0.344. The number of carbonyl (C=O) groups excluding carboxylic acids is 1. The molecule has 1 aliphatic carbocycles. The number of nitrogens with one attached hydrogen (secondary N) is 1. The summed E-state index contributed by atoms with van der Waals surface area (Å²) in [6, 6.07) is 8.07. The first-order valence-corrected chi connectivity index (χ1v) is 9.47. The molecule has 0 bridgehead atoms. The Morgan fingerprint density at radius 3 is 2.84 bits per heavy atom. The summed E-state index contributed by atoms with van der Waals surface area (Å²) in [7, 11) is 1.70. The Balaban J connectivity index is 1.46. The van der Waals surface area contributed by atoms with E-state index < -0.39 is 5.60 Å². The quantitative estimate of drug-likeness (QED) is 0.831. The number of anilines is 1.